The largest absolute Gasteiger partial charge is 0.352 e. The first-order valence-electron chi connectivity index (χ1n) is 9.38. The average molecular weight is 407 g/mol. The van der Waals surface area contributed by atoms with Crippen LogP contribution in [0, 0.1) is 0 Å². The van der Waals surface area contributed by atoms with Crippen LogP contribution in [-0.4, -0.2) is 55.9 Å². The number of halogens is 1. The second-order valence-corrected chi connectivity index (χ2v) is 7.43. The number of piperazine rings is 1. The lowest BCUT2D eigenvalue weighted by Gasteiger charge is -2.36. The van der Waals surface area contributed by atoms with Crippen molar-refractivity contribution in [2.75, 3.05) is 36.0 Å². The number of anilines is 2. The van der Waals surface area contributed by atoms with Gasteiger partial charge in [-0.2, -0.15) is 5.10 Å². The van der Waals surface area contributed by atoms with Crippen LogP contribution in [0.4, 0.5) is 11.6 Å². The summed E-state index contributed by atoms with van der Waals surface area (Å²) < 4.78 is 1.76. The average Bonchev–Trinajstić information content (AvgIpc) is 3.20. The molecule has 9 heteroatoms. The molecule has 0 N–H and O–H groups in total. The number of benzene rings is 1. The molecular weight excluding hydrogens is 388 g/mol. The predicted molar refractivity (Wildman–Crippen MR) is 113 cm³/mol. The Kier molecular flexibility index (Phi) is 4.48. The van der Waals surface area contributed by atoms with Crippen LogP contribution in [0.25, 0.3) is 22.2 Å². The molecule has 0 aliphatic carbocycles. The van der Waals surface area contributed by atoms with Gasteiger partial charge in [0, 0.05) is 55.4 Å². The molecule has 0 amide bonds. The highest BCUT2D eigenvalue weighted by Crippen LogP contribution is 2.27. The molecule has 146 valence electrons. The van der Waals surface area contributed by atoms with Crippen molar-refractivity contribution < 1.29 is 0 Å². The van der Waals surface area contributed by atoms with Crippen molar-refractivity contribution in [3.63, 3.8) is 0 Å². The molecule has 1 aliphatic rings. The highest BCUT2D eigenvalue weighted by atomic mass is 35.5. The zero-order valence-electron chi connectivity index (χ0n) is 15.9. The van der Waals surface area contributed by atoms with Crippen LogP contribution < -0.4 is 9.80 Å². The first-order chi connectivity index (χ1) is 14.2. The van der Waals surface area contributed by atoms with Gasteiger partial charge in [0.25, 0.3) is 0 Å². The summed E-state index contributed by atoms with van der Waals surface area (Å²) >= 11 is 6.20. The predicted octanol–water partition coefficient (Wildman–Crippen LogP) is 2.80. The molecule has 0 bridgehead atoms. The fourth-order valence-corrected chi connectivity index (χ4v) is 3.79. The van der Waals surface area contributed by atoms with Gasteiger partial charge in [-0.05, 0) is 18.2 Å². The van der Waals surface area contributed by atoms with E-state index in [1.54, 1.807) is 23.4 Å². The topological polar surface area (TPSA) is 75.9 Å². The number of hydrogen-bond donors (Lipinski definition) is 0. The molecule has 1 fully saturated rings. The summed E-state index contributed by atoms with van der Waals surface area (Å²) in [5.41, 5.74) is 2.69. The maximum absolute atomic E-state index is 6.20. The third kappa shape index (κ3) is 3.47. The second kappa shape index (κ2) is 7.29. The summed E-state index contributed by atoms with van der Waals surface area (Å²) in [5, 5.41) is 5.88. The molecule has 0 radical (unpaired) electrons. The van der Waals surface area contributed by atoms with E-state index < -0.39 is 0 Å². The van der Waals surface area contributed by atoms with Gasteiger partial charge >= 0.3 is 0 Å². The minimum absolute atomic E-state index is 0.690. The molecule has 1 aliphatic heterocycles. The van der Waals surface area contributed by atoms with Gasteiger partial charge in [0.05, 0.1) is 29.8 Å². The van der Waals surface area contributed by atoms with E-state index in [2.05, 4.69) is 29.9 Å². The van der Waals surface area contributed by atoms with Crippen LogP contribution in [0.5, 0.6) is 0 Å². The van der Waals surface area contributed by atoms with E-state index in [-0.39, 0.29) is 0 Å². The van der Waals surface area contributed by atoms with Crippen molar-refractivity contribution in [2.24, 2.45) is 7.05 Å². The van der Waals surface area contributed by atoms with Crippen molar-refractivity contribution in [1.82, 2.24) is 29.7 Å². The summed E-state index contributed by atoms with van der Waals surface area (Å²) in [5.74, 6) is 1.80. The molecule has 1 saturated heterocycles. The molecule has 3 aromatic heterocycles. The summed E-state index contributed by atoms with van der Waals surface area (Å²) in [6.07, 6.45) is 8.94. The molecule has 0 unspecified atom stereocenters. The molecule has 29 heavy (non-hydrogen) atoms. The minimum atomic E-state index is 0.690. The Hall–Kier alpha value is -3.26. The van der Waals surface area contributed by atoms with E-state index in [4.69, 9.17) is 16.6 Å². The first-order valence-corrected chi connectivity index (χ1v) is 9.76. The van der Waals surface area contributed by atoms with Gasteiger partial charge in [-0.1, -0.05) is 11.6 Å². The Morgan fingerprint density at radius 1 is 0.966 bits per heavy atom. The minimum Gasteiger partial charge on any atom is -0.352 e. The Morgan fingerprint density at radius 3 is 2.59 bits per heavy atom. The standard InChI is InChI=1S/C20H19ClN8/c1-27-12-14(9-25-27)18-10-22-11-19(26-18)28-4-6-29(7-5-28)20-16-8-15(21)2-3-17(16)23-13-24-20/h2-3,8-13H,4-7H2,1H3. The summed E-state index contributed by atoms with van der Waals surface area (Å²) in [6, 6.07) is 5.71. The van der Waals surface area contributed by atoms with Gasteiger partial charge < -0.3 is 9.80 Å². The van der Waals surface area contributed by atoms with E-state index in [9.17, 15) is 0 Å². The molecule has 0 spiro atoms. The lowest BCUT2D eigenvalue weighted by Crippen LogP contribution is -2.47. The zero-order valence-corrected chi connectivity index (χ0v) is 16.7. The Morgan fingerprint density at radius 2 is 1.79 bits per heavy atom. The molecule has 8 nitrogen and oxygen atoms in total. The maximum Gasteiger partial charge on any atom is 0.147 e. The van der Waals surface area contributed by atoms with E-state index in [0.717, 1.165) is 60.0 Å². The quantitative estimate of drug-likeness (QED) is 0.517. The summed E-state index contributed by atoms with van der Waals surface area (Å²) in [7, 11) is 1.89. The van der Waals surface area contributed by atoms with Gasteiger partial charge in [0.15, 0.2) is 0 Å². The monoisotopic (exact) mass is 406 g/mol. The van der Waals surface area contributed by atoms with Crippen LogP contribution in [-0.2, 0) is 7.05 Å². The highest BCUT2D eigenvalue weighted by Gasteiger charge is 2.21. The van der Waals surface area contributed by atoms with Crippen molar-refractivity contribution in [2.45, 2.75) is 0 Å². The zero-order chi connectivity index (χ0) is 19.8. The van der Waals surface area contributed by atoms with E-state index in [1.165, 1.54) is 0 Å². The first kappa shape index (κ1) is 17.8. The number of aromatic nitrogens is 6. The van der Waals surface area contributed by atoms with Crippen LogP contribution in [0.1, 0.15) is 0 Å². The van der Waals surface area contributed by atoms with Crippen molar-refractivity contribution in [3.05, 3.63) is 54.3 Å². The van der Waals surface area contributed by atoms with Crippen LogP contribution in [0.15, 0.2) is 49.3 Å². The van der Waals surface area contributed by atoms with Crippen molar-refractivity contribution >= 4 is 34.1 Å². The molecule has 1 aromatic carbocycles. The Bertz CT molecular complexity index is 1170. The summed E-state index contributed by atoms with van der Waals surface area (Å²) in [6.45, 7) is 3.32. The maximum atomic E-state index is 6.20. The van der Waals surface area contributed by atoms with E-state index >= 15 is 0 Å². The number of hydrogen-bond acceptors (Lipinski definition) is 7. The van der Waals surface area contributed by atoms with Crippen LogP contribution in [0.2, 0.25) is 5.02 Å². The van der Waals surface area contributed by atoms with E-state index in [0.29, 0.717) is 5.02 Å². The molecule has 0 atom stereocenters. The molecule has 5 rings (SSSR count). The van der Waals surface area contributed by atoms with Crippen LogP contribution >= 0.6 is 11.6 Å². The molecule has 4 heterocycles. The fourth-order valence-electron chi connectivity index (χ4n) is 3.62. The molecule has 0 saturated carbocycles. The smallest absolute Gasteiger partial charge is 0.147 e. The van der Waals surface area contributed by atoms with Gasteiger partial charge in [0.1, 0.15) is 18.0 Å². The normalized spacial score (nSPS) is 14.6. The third-order valence-electron chi connectivity index (χ3n) is 5.10. The number of nitrogens with zero attached hydrogens (tertiary/aromatic N) is 8. The van der Waals surface area contributed by atoms with Crippen molar-refractivity contribution in [1.29, 1.82) is 0 Å². The Labute approximate surface area is 172 Å². The van der Waals surface area contributed by atoms with Gasteiger partial charge in [-0.25, -0.2) is 15.0 Å². The fraction of sp³-hybridized carbons (Fsp3) is 0.250. The highest BCUT2D eigenvalue weighted by molar-refractivity contribution is 6.31. The van der Waals surface area contributed by atoms with E-state index in [1.807, 2.05) is 37.6 Å². The van der Waals surface area contributed by atoms with Gasteiger partial charge in [-0.3, -0.25) is 9.67 Å². The third-order valence-corrected chi connectivity index (χ3v) is 5.34. The second-order valence-electron chi connectivity index (χ2n) is 7.00. The number of fused-ring (bicyclic) bond motifs is 1. The number of rotatable bonds is 3. The molecule has 4 aromatic rings. The van der Waals surface area contributed by atoms with Gasteiger partial charge in [-0.15, -0.1) is 0 Å². The SMILES string of the molecule is Cn1cc(-c2cncc(N3CCN(c4ncnc5ccc(Cl)cc45)CC3)n2)cn1. The Balaban J connectivity index is 1.36. The molecular formula is C20H19ClN8. The lowest BCUT2D eigenvalue weighted by molar-refractivity contribution is 0.642. The van der Waals surface area contributed by atoms with Crippen molar-refractivity contribution in [3.8, 4) is 11.3 Å². The summed E-state index contributed by atoms with van der Waals surface area (Å²) in [4.78, 5) is 22.6. The van der Waals surface area contributed by atoms with Crippen LogP contribution in [0.3, 0.4) is 0 Å². The number of aryl methyl sites for hydroxylation is 1. The van der Waals surface area contributed by atoms with Gasteiger partial charge in [0.2, 0.25) is 0 Å². The lowest BCUT2D eigenvalue weighted by atomic mass is 10.2.